The summed E-state index contributed by atoms with van der Waals surface area (Å²) >= 11 is 5.75. The maximum Gasteiger partial charge on any atom is 0.225 e. The third kappa shape index (κ3) is 4.50. The first kappa shape index (κ1) is 14.8. The fourth-order valence-corrected chi connectivity index (χ4v) is 2.92. The Bertz CT molecular complexity index is 236. The van der Waals surface area contributed by atoms with Crippen LogP contribution in [0, 0.1) is 11.3 Å². The molecular weight excluding hydrogens is 234 g/mol. The molecule has 1 aliphatic rings. The Morgan fingerprint density at radius 2 is 2.00 bits per heavy atom. The van der Waals surface area contributed by atoms with Gasteiger partial charge < -0.3 is 5.32 Å². The maximum absolute atomic E-state index is 12.2. The van der Waals surface area contributed by atoms with Gasteiger partial charge >= 0.3 is 0 Å². The predicted octanol–water partition coefficient (Wildman–Crippen LogP) is 3.73. The number of carbonyl (C=O) groups is 1. The van der Waals surface area contributed by atoms with Gasteiger partial charge in [0.2, 0.25) is 5.91 Å². The molecule has 1 rings (SSSR count). The SMILES string of the molecule is CCC(CCCl)CNC(=O)C1(C)CCCCC1. The summed E-state index contributed by atoms with van der Waals surface area (Å²) in [5, 5.41) is 3.13. The summed E-state index contributed by atoms with van der Waals surface area (Å²) in [6, 6.07) is 0. The van der Waals surface area contributed by atoms with Crippen LogP contribution in [0.4, 0.5) is 0 Å². The van der Waals surface area contributed by atoms with Crippen molar-refractivity contribution in [3.8, 4) is 0 Å². The molecule has 1 amide bonds. The summed E-state index contributed by atoms with van der Waals surface area (Å²) in [6.07, 6.45) is 7.85. The molecule has 0 heterocycles. The zero-order valence-electron chi connectivity index (χ0n) is 11.2. The van der Waals surface area contributed by atoms with Gasteiger partial charge in [-0.25, -0.2) is 0 Å². The zero-order chi connectivity index (χ0) is 12.7. The van der Waals surface area contributed by atoms with Gasteiger partial charge in [0.05, 0.1) is 0 Å². The van der Waals surface area contributed by atoms with Crippen molar-refractivity contribution < 1.29 is 4.79 Å². The molecule has 100 valence electrons. The highest BCUT2D eigenvalue weighted by molar-refractivity contribution is 6.17. The number of alkyl halides is 1. The molecule has 0 saturated heterocycles. The van der Waals surface area contributed by atoms with E-state index in [9.17, 15) is 4.79 Å². The first-order chi connectivity index (χ1) is 8.12. The lowest BCUT2D eigenvalue weighted by molar-refractivity contribution is -0.132. The zero-order valence-corrected chi connectivity index (χ0v) is 12.0. The van der Waals surface area contributed by atoms with Crippen LogP contribution in [-0.4, -0.2) is 18.3 Å². The van der Waals surface area contributed by atoms with Gasteiger partial charge in [-0.1, -0.05) is 39.5 Å². The molecule has 2 nitrogen and oxygen atoms in total. The molecule has 0 aromatic heterocycles. The van der Waals surface area contributed by atoms with Crippen LogP contribution in [0.15, 0.2) is 0 Å². The number of amides is 1. The molecule has 1 N–H and O–H groups in total. The molecule has 1 saturated carbocycles. The number of hydrogen-bond donors (Lipinski definition) is 1. The minimum Gasteiger partial charge on any atom is -0.355 e. The molecule has 0 aromatic carbocycles. The topological polar surface area (TPSA) is 29.1 Å². The summed E-state index contributed by atoms with van der Waals surface area (Å²) in [6.45, 7) is 5.06. The minimum atomic E-state index is -0.114. The second kappa shape index (κ2) is 7.25. The van der Waals surface area contributed by atoms with Crippen LogP contribution in [-0.2, 0) is 4.79 Å². The Morgan fingerprint density at radius 1 is 1.35 bits per heavy atom. The Balaban J connectivity index is 2.37. The van der Waals surface area contributed by atoms with Gasteiger partial charge in [0.1, 0.15) is 0 Å². The highest BCUT2D eigenvalue weighted by Gasteiger charge is 2.34. The van der Waals surface area contributed by atoms with Gasteiger partial charge in [0.25, 0.3) is 0 Å². The van der Waals surface area contributed by atoms with E-state index in [1.807, 2.05) is 0 Å². The first-order valence-electron chi connectivity index (χ1n) is 6.96. The Morgan fingerprint density at radius 3 is 2.53 bits per heavy atom. The van der Waals surface area contributed by atoms with Crippen LogP contribution in [0.3, 0.4) is 0 Å². The lowest BCUT2D eigenvalue weighted by Gasteiger charge is -2.32. The van der Waals surface area contributed by atoms with Gasteiger partial charge in [-0.3, -0.25) is 4.79 Å². The van der Waals surface area contributed by atoms with Crippen molar-refractivity contribution in [2.24, 2.45) is 11.3 Å². The third-order valence-electron chi connectivity index (χ3n) is 4.15. The number of carbonyl (C=O) groups excluding carboxylic acids is 1. The predicted molar refractivity (Wildman–Crippen MR) is 73.3 cm³/mol. The highest BCUT2D eigenvalue weighted by Crippen LogP contribution is 2.35. The summed E-state index contributed by atoms with van der Waals surface area (Å²) in [5.41, 5.74) is -0.114. The van der Waals surface area contributed by atoms with Crippen LogP contribution in [0.1, 0.15) is 58.8 Å². The lowest BCUT2D eigenvalue weighted by Crippen LogP contribution is -2.42. The number of halogens is 1. The van der Waals surface area contributed by atoms with Gasteiger partial charge in [0, 0.05) is 17.8 Å². The highest BCUT2D eigenvalue weighted by atomic mass is 35.5. The molecule has 1 atom stereocenters. The van der Waals surface area contributed by atoms with Gasteiger partial charge in [0.15, 0.2) is 0 Å². The van der Waals surface area contributed by atoms with Crippen LogP contribution in [0.2, 0.25) is 0 Å². The van der Waals surface area contributed by atoms with Crippen LogP contribution in [0.25, 0.3) is 0 Å². The Kier molecular flexibility index (Phi) is 6.32. The standard InChI is InChI=1S/C14H26ClNO/c1-3-12(7-10-15)11-16-13(17)14(2)8-5-4-6-9-14/h12H,3-11H2,1-2H3,(H,16,17). The summed E-state index contributed by atoms with van der Waals surface area (Å²) in [7, 11) is 0. The fourth-order valence-electron chi connectivity index (χ4n) is 2.61. The normalized spacial score (nSPS) is 20.9. The average molecular weight is 260 g/mol. The molecular formula is C14H26ClNO. The van der Waals surface area contributed by atoms with E-state index in [2.05, 4.69) is 19.2 Å². The average Bonchev–Trinajstić information content (AvgIpc) is 2.35. The van der Waals surface area contributed by atoms with Crippen LogP contribution < -0.4 is 5.32 Å². The fraction of sp³-hybridized carbons (Fsp3) is 0.929. The Labute approximate surface area is 110 Å². The van der Waals surface area contributed by atoms with E-state index < -0.39 is 0 Å². The Hall–Kier alpha value is -0.240. The van der Waals surface area contributed by atoms with Crippen molar-refractivity contribution in [1.29, 1.82) is 0 Å². The summed E-state index contributed by atoms with van der Waals surface area (Å²) < 4.78 is 0. The molecule has 0 aromatic rings. The van der Waals surface area contributed by atoms with E-state index in [0.29, 0.717) is 11.8 Å². The lowest BCUT2D eigenvalue weighted by atomic mass is 9.75. The van der Waals surface area contributed by atoms with E-state index in [0.717, 1.165) is 32.2 Å². The molecule has 0 spiro atoms. The van der Waals surface area contributed by atoms with Gasteiger partial charge in [-0.15, -0.1) is 11.6 Å². The van der Waals surface area contributed by atoms with Crippen molar-refractivity contribution in [1.82, 2.24) is 5.32 Å². The summed E-state index contributed by atoms with van der Waals surface area (Å²) in [4.78, 5) is 12.2. The van der Waals surface area contributed by atoms with Crippen molar-refractivity contribution in [3.63, 3.8) is 0 Å². The molecule has 1 fully saturated rings. The molecule has 0 bridgehead atoms. The van der Waals surface area contributed by atoms with E-state index in [1.165, 1.54) is 19.3 Å². The second-order valence-electron chi connectivity index (χ2n) is 5.58. The van der Waals surface area contributed by atoms with Crippen LogP contribution in [0.5, 0.6) is 0 Å². The quantitative estimate of drug-likeness (QED) is 0.724. The maximum atomic E-state index is 12.2. The summed E-state index contributed by atoms with van der Waals surface area (Å²) in [5.74, 6) is 1.47. The molecule has 0 aliphatic heterocycles. The smallest absolute Gasteiger partial charge is 0.225 e. The van der Waals surface area contributed by atoms with E-state index in [-0.39, 0.29) is 11.3 Å². The van der Waals surface area contributed by atoms with E-state index in [1.54, 1.807) is 0 Å². The van der Waals surface area contributed by atoms with Gasteiger partial charge in [-0.2, -0.15) is 0 Å². The van der Waals surface area contributed by atoms with Crippen molar-refractivity contribution >= 4 is 17.5 Å². The van der Waals surface area contributed by atoms with Crippen molar-refractivity contribution in [3.05, 3.63) is 0 Å². The number of rotatable bonds is 6. The number of hydrogen-bond acceptors (Lipinski definition) is 1. The monoisotopic (exact) mass is 259 g/mol. The van der Waals surface area contributed by atoms with Crippen LogP contribution >= 0.6 is 11.6 Å². The minimum absolute atomic E-state index is 0.114. The third-order valence-corrected chi connectivity index (χ3v) is 4.37. The molecule has 0 radical (unpaired) electrons. The second-order valence-corrected chi connectivity index (χ2v) is 5.96. The number of nitrogens with one attached hydrogen (secondary N) is 1. The van der Waals surface area contributed by atoms with E-state index in [4.69, 9.17) is 11.6 Å². The molecule has 1 unspecified atom stereocenters. The van der Waals surface area contributed by atoms with Crippen molar-refractivity contribution in [2.75, 3.05) is 12.4 Å². The molecule has 17 heavy (non-hydrogen) atoms. The first-order valence-corrected chi connectivity index (χ1v) is 7.50. The van der Waals surface area contributed by atoms with Gasteiger partial charge in [-0.05, 0) is 25.2 Å². The van der Waals surface area contributed by atoms with Crippen molar-refractivity contribution in [2.45, 2.75) is 58.8 Å². The van der Waals surface area contributed by atoms with E-state index >= 15 is 0 Å². The molecule has 1 aliphatic carbocycles. The largest absolute Gasteiger partial charge is 0.355 e. The molecule has 3 heteroatoms.